The molecule has 1 unspecified atom stereocenters. The highest BCUT2D eigenvalue weighted by molar-refractivity contribution is 7.98. The highest BCUT2D eigenvalue weighted by Crippen LogP contribution is 2.26. The van der Waals surface area contributed by atoms with Crippen molar-refractivity contribution in [1.82, 2.24) is 10.3 Å². The molecule has 2 heterocycles. The lowest BCUT2D eigenvalue weighted by atomic mass is 10.1. The van der Waals surface area contributed by atoms with Crippen LogP contribution in [-0.4, -0.2) is 34.2 Å². The number of hydrogen-bond donors (Lipinski definition) is 2. The van der Waals surface area contributed by atoms with Crippen molar-refractivity contribution in [2.75, 3.05) is 18.6 Å². The Morgan fingerprint density at radius 1 is 1.53 bits per heavy atom. The molecule has 2 aromatic heterocycles. The molecule has 3 nitrogen and oxygen atoms in total. The maximum Gasteiger partial charge on any atom is 0.124 e. The largest absolute Gasteiger partial charge is 0.388 e. The van der Waals surface area contributed by atoms with E-state index in [0.29, 0.717) is 6.54 Å². The van der Waals surface area contributed by atoms with E-state index >= 15 is 0 Å². The van der Waals surface area contributed by atoms with E-state index in [9.17, 15) is 5.11 Å². The predicted molar refractivity (Wildman–Crippen MR) is 86.1 cm³/mol. The molecule has 0 fully saturated rings. The van der Waals surface area contributed by atoms with Crippen LogP contribution in [0.1, 0.15) is 11.8 Å². The number of nitrogens with one attached hydrogen (secondary N) is 1. The average molecular weight is 315 g/mol. The van der Waals surface area contributed by atoms with E-state index in [-0.39, 0.29) is 0 Å². The molecular formula is C13H18N2OS3. The maximum atomic E-state index is 10.1. The minimum Gasteiger partial charge on any atom is -0.388 e. The Bertz CT molecular complexity index is 494. The quantitative estimate of drug-likeness (QED) is 0.824. The first-order valence-electron chi connectivity index (χ1n) is 6.00. The van der Waals surface area contributed by atoms with Gasteiger partial charge in [-0.2, -0.15) is 23.1 Å². The van der Waals surface area contributed by atoms with E-state index in [4.69, 9.17) is 0 Å². The first-order chi connectivity index (χ1) is 9.11. The minimum absolute atomic E-state index is 0.597. The van der Waals surface area contributed by atoms with Crippen LogP contribution in [0.4, 0.5) is 0 Å². The summed E-state index contributed by atoms with van der Waals surface area (Å²) in [4.78, 5) is 5.62. The minimum atomic E-state index is -0.652. The Balaban J connectivity index is 1.84. The fourth-order valence-corrected chi connectivity index (χ4v) is 4.04. The van der Waals surface area contributed by atoms with Gasteiger partial charge in [-0.05, 0) is 24.6 Å². The highest BCUT2D eigenvalue weighted by atomic mass is 32.2. The van der Waals surface area contributed by atoms with Crippen LogP contribution in [0.25, 0.3) is 10.6 Å². The van der Waals surface area contributed by atoms with Crippen molar-refractivity contribution in [3.8, 4) is 10.6 Å². The highest BCUT2D eigenvalue weighted by Gasteiger charge is 2.18. The third-order valence-electron chi connectivity index (χ3n) is 2.58. The van der Waals surface area contributed by atoms with Crippen molar-refractivity contribution in [3.63, 3.8) is 0 Å². The number of thiazole rings is 1. The molecule has 2 N–H and O–H groups in total. The van der Waals surface area contributed by atoms with Crippen molar-refractivity contribution >= 4 is 34.4 Å². The van der Waals surface area contributed by atoms with Crippen LogP contribution in [0, 0.1) is 0 Å². The van der Waals surface area contributed by atoms with Crippen LogP contribution in [0.5, 0.6) is 0 Å². The summed E-state index contributed by atoms with van der Waals surface area (Å²) in [6.07, 6.45) is 3.92. The van der Waals surface area contributed by atoms with Gasteiger partial charge in [-0.1, -0.05) is 0 Å². The Morgan fingerprint density at radius 2 is 2.37 bits per heavy atom. The van der Waals surface area contributed by atoms with Gasteiger partial charge in [0.05, 0.1) is 5.60 Å². The average Bonchev–Trinajstić information content (AvgIpc) is 2.98. The smallest absolute Gasteiger partial charge is 0.124 e. The lowest BCUT2D eigenvalue weighted by molar-refractivity contribution is 0.0846. The molecule has 104 valence electrons. The number of aromatic nitrogens is 1. The number of thioether (sulfide) groups is 1. The molecule has 1 atom stereocenters. The second-order valence-electron chi connectivity index (χ2n) is 4.68. The monoisotopic (exact) mass is 314 g/mol. The van der Waals surface area contributed by atoms with Crippen molar-refractivity contribution < 1.29 is 5.11 Å². The molecule has 2 aromatic rings. The fraction of sp³-hybridized carbons (Fsp3) is 0.462. The second-order valence-corrected chi connectivity index (χ2v) is 7.44. The summed E-state index contributed by atoms with van der Waals surface area (Å²) >= 11 is 5.05. The van der Waals surface area contributed by atoms with Crippen molar-refractivity contribution in [3.05, 3.63) is 27.9 Å². The summed E-state index contributed by atoms with van der Waals surface area (Å²) in [6.45, 7) is 3.21. The summed E-state index contributed by atoms with van der Waals surface area (Å²) in [5.74, 6) is 0.739. The van der Waals surface area contributed by atoms with Gasteiger partial charge in [0, 0.05) is 40.9 Å². The van der Waals surface area contributed by atoms with E-state index < -0.39 is 5.60 Å². The van der Waals surface area contributed by atoms with E-state index in [2.05, 4.69) is 27.1 Å². The van der Waals surface area contributed by atoms with Crippen LogP contribution >= 0.6 is 34.4 Å². The maximum absolute atomic E-state index is 10.1. The molecule has 6 heteroatoms. The molecule has 0 saturated heterocycles. The van der Waals surface area contributed by atoms with E-state index in [0.717, 1.165) is 17.3 Å². The second kappa shape index (κ2) is 6.85. The first-order valence-corrected chi connectivity index (χ1v) is 9.15. The van der Waals surface area contributed by atoms with Gasteiger partial charge < -0.3 is 10.4 Å². The first kappa shape index (κ1) is 15.0. The Morgan fingerprint density at radius 3 is 3.05 bits per heavy atom. The normalized spacial score (nSPS) is 14.5. The molecule has 0 aliphatic heterocycles. The molecule has 0 amide bonds. The molecule has 0 bridgehead atoms. The van der Waals surface area contributed by atoms with Gasteiger partial charge >= 0.3 is 0 Å². The standard InChI is InChI=1S/C13H18N2OS3/c1-13(16,9-17-2)8-14-5-11-6-15-12(19-11)10-3-4-18-7-10/h3-4,6-7,14,16H,5,8-9H2,1-2H3. The Hall–Kier alpha value is -0.400. The Labute approximate surface area is 126 Å². The zero-order valence-electron chi connectivity index (χ0n) is 11.0. The van der Waals surface area contributed by atoms with Gasteiger partial charge in [-0.25, -0.2) is 4.98 Å². The zero-order chi connectivity index (χ0) is 13.7. The van der Waals surface area contributed by atoms with Gasteiger partial charge in [-0.3, -0.25) is 0 Å². The van der Waals surface area contributed by atoms with E-state index in [1.807, 2.05) is 19.4 Å². The summed E-state index contributed by atoms with van der Waals surface area (Å²) in [5, 5.41) is 18.6. The Kier molecular flexibility index (Phi) is 5.41. The topological polar surface area (TPSA) is 45.1 Å². The summed E-state index contributed by atoms with van der Waals surface area (Å²) in [7, 11) is 0. The van der Waals surface area contributed by atoms with Crippen molar-refractivity contribution in [2.45, 2.75) is 19.1 Å². The lowest BCUT2D eigenvalue weighted by Crippen LogP contribution is -2.39. The summed E-state index contributed by atoms with van der Waals surface area (Å²) in [6, 6.07) is 2.09. The van der Waals surface area contributed by atoms with Crippen molar-refractivity contribution in [1.29, 1.82) is 0 Å². The van der Waals surface area contributed by atoms with Crippen LogP contribution in [-0.2, 0) is 6.54 Å². The lowest BCUT2D eigenvalue weighted by Gasteiger charge is -2.22. The fourth-order valence-electron chi connectivity index (χ4n) is 1.73. The molecule has 19 heavy (non-hydrogen) atoms. The number of rotatable bonds is 7. The zero-order valence-corrected chi connectivity index (χ0v) is 13.5. The molecule has 0 aromatic carbocycles. The number of aliphatic hydroxyl groups is 1. The van der Waals surface area contributed by atoms with Crippen LogP contribution in [0.3, 0.4) is 0 Å². The molecular weight excluding hydrogens is 296 g/mol. The molecule has 0 radical (unpaired) electrons. The molecule has 2 rings (SSSR count). The van der Waals surface area contributed by atoms with Crippen molar-refractivity contribution in [2.24, 2.45) is 0 Å². The predicted octanol–water partition coefficient (Wildman–Crippen LogP) is 3.08. The van der Waals surface area contributed by atoms with Crippen LogP contribution in [0.15, 0.2) is 23.0 Å². The van der Waals surface area contributed by atoms with E-state index in [1.165, 1.54) is 10.4 Å². The third kappa shape index (κ3) is 4.57. The van der Waals surface area contributed by atoms with Crippen LogP contribution in [0.2, 0.25) is 0 Å². The van der Waals surface area contributed by atoms with E-state index in [1.54, 1.807) is 34.4 Å². The van der Waals surface area contributed by atoms with Gasteiger partial charge in [0.15, 0.2) is 0 Å². The van der Waals surface area contributed by atoms with Gasteiger partial charge in [0.1, 0.15) is 5.01 Å². The van der Waals surface area contributed by atoms with Gasteiger partial charge in [0.2, 0.25) is 0 Å². The molecule has 0 aliphatic rings. The van der Waals surface area contributed by atoms with Gasteiger partial charge in [0.25, 0.3) is 0 Å². The molecule has 0 saturated carbocycles. The van der Waals surface area contributed by atoms with Crippen LogP contribution < -0.4 is 5.32 Å². The summed E-state index contributed by atoms with van der Waals surface area (Å²) in [5.41, 5.74) is 0.538. The summed E-state index contributed by atoms with van der Waals surface area (Å²) < 4.78 is 0. The third-order valence-corrected chi connectivity index (χ3v) is 5.22. The number of thiophene rings is 1. The SMILES string of the molecule is CSCC(C)(O)CNCc1cnc(-c2ccsc2)s1. The number of nitrogens with zero attached hydrogens (tertiary/aromatic N) is 1. The van der Waals surface area contributed by atoms with Gasteiger partial charge in [-0.15, -0.1) is 11.3 Å². The number of hydrogen-bond acceptors (Lipinski definition) is 6. The molecule has 0 spiro atoms. The molecule has 0 aliphatic carbocycles.